The lowest BCUT2D eigenvalue weighted by molar-refractivity contribution is -0.121. The molecule has 0 aromatic carbocycles. The van der Waals surface area contributed by atoms with Gasteiger partial charge in [0.05, 0.1) is 6.61 Å². The van der Waals surface area contributed by atoms with Crippen LogP contribution in [0.3, 0.4) is 0 Å². The number of hydrogen-bond acceptors (Lipinski definition) is 3. The Hall–Kier alpha value is -1.48. The van der Waals surface area contributed by atoms with Crippen molar-refractivity contribution in [3.8, 4) is 0 Å². The zero-order valence-corrected chi connectivity index (χ0v) is 15.2. The highest BCUT2D eigenvalue weighted by Gasteiger charge is 2.13. The maximum absolute atomic E-state index is 12.0. The molecule has 1 N–H and O–H groups in total. The van der Waals surface area contributed by atoms with E-state index in [1.807, 2.05) is 33.8 Å². The summed E-state index contributed by atoms with van der Waals surface area (Å²) >= 11 is 0. The molecule has 0 aromatic heterocycles. The van der Waals surface area contributed by atoms with E-state index in [0.717, 1.165) is 12.8 Å². The van der Waals surface area contributed by atoms with Crippen LogP contribution >= 0.6 is 0 Å². The number of aliphatic hydroxyl groups excluding tert-OH is 1. The zero-order valence-electron chi connectivity index (χ0n) is 15.2. The summed E-state index contributed by atoms with van der Waals surface area (Å²) in [5.41, 5.74) is 2.78. The van der Waals surface area contributed by atoms with E-state index in [-0.39, 0.29) is 24.6 Å². The summed E-state index contributed by atoms with van der Waals surface area (Å²) < 4.78 is 0. The molecule has 0 fully saturated rings. The van der Waals surface area contributed by atoms with Crippen molar-refractivity contribution in [1.29, 1.82) is 0 Å². The predicted octanol–water partition coefficient (Wildman–Crippen LogP) is 4.56. The average Bonchev–Trinajstić information content (AvgIpc) is 2.43. The summed E-state index contributed by atoms with van der Waals surface area (Å²) in [5.74, 6) is 0.405. The molecule has 0 saturated carbocycles. The standard InChI is InChI=1S/C20H32O3/c1-15(2)13-19(22)14-18(5)20(23)10-9-16(3)7-6-8-17(4)11-12-21/h7,11,15,21H,5-6,8-10,12-14H2,1-4H3/b16-7+,17-11+. The molecule has 0 spiro atoms. The number of allylic oxidation sites excluding steroid dienone is 4. The molecule has 0 amide bonds. The lowest BCUT2D eigenvalue weighted by Crippen LogP contribution is -2.09. The van der Waals surface area contributed by atoms with Crippen molar-refractivity contribution < 1.29 is 14.7 Å². The van der Waals surface area contributed by atoms with Crippen molar-refractivity contribution in [2.45, 2.75) is 66.2 Å². The molecule has 0 rings (SSSR count). The SMILES string of the molecule is C=C(CC(=O)CC(C)C)C(=O)CC/C(C)=C/CC/C(C)=C/CO. The van der Waals surface area contributed by atoms with Crippen molar-refractivity contribution in [2.24, 2.45) is 5.92 Å². The molecule has 130 valence electrons. The van der Waals surface area contributed by atoms with Gasteiger partial charge >= 0.3 is 0 Å². The van der Waals surface area contributed by atoms with Crippen LogP contribution in [0.2, 0.25) is 0 Å². The van der Waals surface area contributed by atoms with Crippen LogP contribution in [0.1, 0.15) is 66.2 Å². The van der Waals surface area contributed by atoms with Gasteiger partial charge in [-0.3, -0.25) is 9.59 Å². The second kappa shape index (κ2) is 12.0. The van der Waals surface area contributed by atoms with Gasteiger partial charge in [-0.15, -0.1) is 0 Å². The Balaban J connectivity index is 4.14. The fourth-order valence-electron chi connectivity index (χ4n) is 2.26. The Bertz CT molecular complexity index is 467. The Morgan fingerprint density at radius 1 is 1.04 bits per heavy atom. The Kier molecular flexibility index (Phi) is 11.2. The number of hydrogen-bond donors (Lipinski definition) is 1. The van der Waals surface area contributed by atoms with Crippen molar-refractivity contribution >= 4 is 11.6 Å². The van der Waals surface area contributed by atoms with E-state index in [2.05, 4.69) is 12.7 Å². The van der Waals surface area contributed by atoms with E-state index in [0.29, 0.717) is 30.8 Å². The lowest BCUT2D eigenvalue weighted by atomic mass is 9.97. The van der Waals surface area contributed by atoms with Crippen LogP contribution < -0.4 is 0 Å². The molecule has 0 bridgehead atoms. The molecule has 0 aliphatic heterocycles. The summed E-state index contributed by atoms with van der Waals surface area (Å²) in [5, 5.41) is 8.79. The van der Waals surface area contributed by atoms with Crippen LogP contribution in [-0.2, 0) is 9.59 Å². The maximum atomic E-state index is 12.0. The highest BCUT2D eigenvalue weighted by Crippen LogP contribution is 2.14. The Labute approximate surface area is 141 Å². The van der Waals surface area contributed by atoms with Gasteiger partial charge in [0.2, 0.25) is 0 Å². The highest BCUT2D eigenvalue weighted by molar-refractivity contribution is 6.00. The van der Waals surface area contributed by atoms with E-state index < -0.39 is 0 Å². The second-order valence-electron chi connectivity index (χ2n) is 6.66. The number of carbonyl (C=O) groups excluding carboxylic acids is 2. The molecular weight excluding hydrogens is 288 g/mol. The molecule has 0 aliphatic carbocycles. The topological polar surface area (TPSA) is 54.4 Å². The first-order valence-corrected chi connectivity index (χ1v) is 8.41. The molecule has 23 heavy (non-hydrogen) atoms. The van der Waals surface area contributed by atoms with Gasteiger partial charge in [0.25, 0.3) is 0 Å². The molecule has 3 heteroatoms. The zero-order chi connectivity index (χ0) is 17.8. The van der Waals surface area contributed by atoms with Crippen LogP contribution in [0.15, 0.2) is 35.5 Å². The van der Waals surface area contributed by atoms with E-state index in [1.165, 1.54) is 11.1 Å². The summed E-state index contributed by atoms with van der Waals surface area (Å²) in [6.07, 6.45) is 7.59. The smallest absolute Gasteiger partial charge is 0.159 e. The van der Waals surface area contributed by atoms with Crippen molar-refractivity contribution in [3.05, 3.63) is 35.5 Å². The van der Waals surface area contributed by atoms with Gasteiger partial charge < -0.3 is 5.11 Å². The molecule has 0 radical (unpaired) electrons. The maximum Gasteiger partial charge on any atom is 0.159 e. The summed E-state index contributed by atoms with van der Waals surface area (Å²) in [4.78, 5) is 23.7. The van der Waals surface area contributed by atoms with Crippen LogP contribution in [0, 0.1) is 5.92 Å². The summed E-state index contributed by atoms with van der Waals surface area (Å²) in [7, 11) is 0. The second-order valence-corrected chi connectivity index (χ2v) is 6.66. The van der Waals surface area contributed by atoms with Crippen molar-refractivity contribution in [3.63, 3.8) is 0 Å². The predicted molar refractivity (Wildman–Crippen MR) is 96.3 cm³/mol. The van der Waals surface area contributed by atoms with Gasteiger partial charge in [-0.1, -0.05) is 43.7 Å². The summed E-state index contributed by atoms with van der Waals surface area (Å²) in [6.45, 7) is 11.9. The molecule has 0 atom stereocenters. The summed E-state index contributed by atoms with van der Waals surface area (Å²) in [6, 6.07) is 0. The third kappa shape index (κ3) is 11.7. The molecule has 0 saturated heterocycles. The Morgan fingerprint density at radius 3 is 2.22 bits per heavy atom. The molecule has 0 aliphatic rings. The molecule has 0 unspecified atom stereocenters. The lowest BCUT2D eigenvalue weighted by Gasteiger charge is -2.07. The van der Waals surface area contributed by atoms with Gasteiger partial charge in [-0.2, -0.15) is 0 Å². The van der Waals surface area contributed by atoms with Crippen molar-refractivity contribution in [1.82, 2.24) is 0 Å². The third-order valence-electron chi connectivity index (χ3n) is 3.66. The van der Waals surface area contributed by atoms with Crippen LogP contribution in [0.4, 0.5) is 0 Å². The Morgan fingerprint density at radius 2 is 1.65 bits per heavy atom. The van der Waals surface area contributed by atoms with E-state index >= 15 is 0 Å². The van der Waals surface area contributed by atoms with Gasteiger partial charge in [0.15, 0.2) is 5.78 Å². The first-order chi connectivity index (χ1) is 10.8. The minimum Gasteiger partial charge on any atom is -0.392 e. The normalized spacial score (nSPS) is 12.6. The van der Waals surface area contributed by atoms with Gasteiger partial charge in [0.1, 0.15) is 5.78 Å². The van der Waals surface area contributed by atoms with Gasteiger partial charge in [-0.25, -0.2) is 0 Å². The van der Waals surface area contributed by atoms with E-state index in [1.54, 1.807) is 0 Å². The first kappa shape index (κ1) is 21.5. The monoisotopic (exact) mass is 320 g/mol. The quantitative estimate of drug-likeness (QED) is 0.423. The highest BCUT2D eigenvalue weighted by atomic mass is 16.2. The minimum atomic E-state index is -0.00814. The number of Topliss-reactive ketones (excluding diaryl/α,β-unsaturated/α-hetero) is 2. The third-order valence-corrected chi connectivity index (χ3v) is 3.66. The number of aliphatic hydroxyl groups is 1. The van der Waals surface area contributed by atoms with E-state index in [4.69, 9.17) is 5.11 Å². The minimum absolute atomic E-state index is 0.00814. The fourth-order valence-corrected chi connectivity index (χ4v) is 2.26. The largest absolute Gasteiger partial charge is 0.392 e. The number of ketones is 2. The first-order valence-electron chi connectivity index (χ1n) is 8.41. The molecular formula is C20H32O3. The van der Waals surface area contributed by atoms with Gasteiger partial charge in [0, 0.05) is 19.3 Å². The van der Waals surface area contributed by atoms with Crippen LogP contribution in [0.25, 0.3) is 0 Å². The molecule has 0 aromatic rings. The van der Waals surface area contributed by atoms with Crippen molar-refractivity contribution in [2.75, 3.05) is 6.61 Å². The fraction of sp³-hybridized carbons (Fsp3) is 0.600. The van der Waals surface area contributed by atoms with Crippen LogP contribution in [-0.4, -0.2) is 23.3 Å². The average molecular weight is 320 g/mol. The van der Waals surface area contributed by atoms with Gasteiger partial charge in [-0.05, 0) is 44.6 Å². The van der Waals surface area contributed by atoms with Crippen LogP contribution in [0.5, 0.6) is 0 Å². The number of carbonyl (C=O) groups is 2. The molecule has 3 nitrogen and oxygen atoms in total. The molecule has 0 heterocycles. The van der Waals surface area contributed by atoms with E-state index in [9.17, 15) is 9.59 Å². The number of rotatable bonds is 12.